The lowest BCUT2D eigenvalue weighted by Crippen LogP contribution is -2.13. The maximum absolute atomic E-state index is 11.9. The summed E-state index contributed by atoms with van der Waals surface area (Å²) in [5.74, 6) is 0.230. The molecule has 4 nitrogen and oxygen atoms in total. The van der Waals surface area contributed by atoms with E-state index < -0.39 is 0 Å². The summed E-state index contributed by atoms with van der Waals surface area (Å²) in [7, 11) is 0. The standard InChI is InChI=1S/C14H10ClN3OS2/c15-9-3-4-12-11(6-9)18-14(21-12)20-8-13(19)17-10-2-1-5-16-7-10/h1-7H,8H2,(H,17,19). The number of carbonyl (C=O) groups is 1. The first-order valence-corrected chi connectivity index (χ1v) is 8.27. The Kier molecular flexibility index (Phi) is 4.38. The van der Waals surface area contributed by atoms with Gasteiger partial charge in [-0.2, -0.15) is 0 Å². The molecule has 2 heterocycles. The van der Waals surface area contributed by atoms with E-state index >= 15 is 0 Å². The van der Waals surface area contributed by atoms with Crippen molar-refractivity contribution in [3.05, 3.63) is 47.7 Å². The number of amides is 1. The van der Waals surface area contributed by atoms with Gasteiger partial charge in [-0.1, -0.05) is 23.4 Å². The largest absolute Gasteiger partial charge is 0.324 e. The summed E-state index contributed by atoms with van der Waals surface area (Å²) in [6.45, 7) is 0. The zero-order chi connectivity index (χ0) is 14.7. The second kappa shape index (κ2) is 6.43. The van der Waals surface area contributed by atoms with Crippen LogP contribution in [-0.4, -0.2) is 21.6 Å². The van der Waals surface area contributed by atoms with Gasteiger partial charge in [0.25, 0.3) is 0 Å². The van der Waals surface area contributed by atoms with Crippen LogP contribution in [0.4, 0.5) is 5.69 Å². The molecule has 0 saturated carbocycles. The lowest BCUT2D eigenvalue weighted by Gasteiger charge is -2.02. The Morgan fingerprint density at radius 1 is 1.38 bits per heavy atom. The van der Waals surface area contributed by atoms with Crippen LogP contribution in [0.15, 0.2) is 47.1 Å². The average Bonchev–Trinajstić information content (AvgIpc) is 2.88. The smallest absolute Gasteiger partial charge is 0.234 e. The zero-order valence-electron chi connectivity index (χ0n) is 10.7. The molecule has 1 N–H and O–H groups in total. The lowest BCUT2D eigenvalue weighted by molar-refractivity contribution is -0.113. The predicted molar refractivity (Wildman–Crippen MR) is 88.2 cm³/mol. The van der Waals surface area contributed by atoms with Crippen molar-refractivity contribution in [1.29, 1.82) is 0 Å². The number of benzene rings is 1. The summed E-state index contributed by atoms with van der Waals surface area (Å²) in [5, 5.41) is 3.45. The van der Waals surface area contributed by atoms with E-state index in [0.717, 1.165) is 14.6 Å². The molecular formula is C14H10ClN3OS2. The number of nitrogens with zero attached hydrogens (tertiary/aromatic N) is 2. The topological polar surface area (TPSA) is 54.9 Å². The minimum atomic E-state index is -0.0784. The number of thiazole rings is 1. The van der Waals surface area contributed by atoms with Crippen molar-refractivity contribution in [1.82, 2.24) is 9.97 Å². The molecule has 3 rings (SSSR count). The van der Waals surface area contributed by atoms with E-state index in [1.807, 2.05) is 18.2 Å². The van der Waals surface area contributed by atoms with Gasteiger partial charge in [0.1, 0.15) is 0 Å². The number of rotatable bonds is 4. The average molecular weight is 336 g/mol. The molecule has 2 aromatic heterocycles. The Morgan fingerprint density at radius 3 is 3.10 bits per heavy atom. The Balaban J connectivity index is 1.62. The third kappa shape index (κ3) is 3.72. The zero-order valence-corrected chi connectivity index (χ0v) is 13.1. The highest BCUT2D eigenvalue weighted by Crippen LogP contribution is 2.30. The highest BCUT2D eigenvalue weighted by molar-refractivity contribution is 8.01. The lowest BCUT2D eigenvalue weighted by atomic mass is 10.3. The number of nitrogens with one attached hydrogen (secondary N) is 1. The molecule has 0 radical (unpaired) electrons. The van der Waals surface area contributed by atoms with Gasteiger partial charge in [0.2, 0.25) is 5.91 Å². The number of halogens is 1. The second-order valence-electron chi connectivity index (χ2n) is 4.17. The number of thioether (sulfide) groups is 1. The monoisotopic (exact) mass is 335 g/mol. The van der Waals surface area contributed by atoms with E-state index in [1.54, 1.807) is 35.9 Å². The molecule has 0 atom stereocenters. The fraction of sp³-hybridized carbons (Fsp3) is 0.0714. The Morgan fingerprint density at radius 2 is 2.29 bits per heavy atom. The number of aromatic nitrogens is 2. The molecule has 0 saturated heterocycles. The second-order valence-corrected chi connectivity index (χ2v) is 6.86. The van der Waals surface area contributed by atoms with Crippen LogP contribution in [0, 0.1) is 0 Å². The number of carbonyl (C=O) groups excluding carboxylic acids is 1. The van der Waals surface area contributed by atoms with Crippen molar-refractivity contribution in [3.8, 4) is 0 Å². The molecule has 1 aromatic carbocycles. The normalized spacial score (nSPS) is 10.7. The quantitative estimate of drug-likeness (QED) is 0.730. The van der Waals surface area contributed by atoms with E-state index in [1.165, 1.54) is 11.8 Å². The summed E-state index contributed by atoms with van der Waals surface area (Å²) < 4.78 is 1.92. The van der Waals surface area contributed by atoms with Crippen LogP contribution in [-0.2, 0) is 4.79 Å². The summed E-state index contributed by atoms with van der Waals surface area (Å²) >= 11 is 8.90. The van der Waals surface area contributed by atoms with Crippen molar-refractivity contribution >= 4 is 56.5 Å². The SMILES string of the molecule is O=C(CSc1nc2cc(Cl)ccc2s1)Nc1cccnc1. The van der Waals surface area contributed by atoms with Crippen molar-refractivity contribution in [2.45, 2.75) is 4.34 Å². The minimum absolute atomic E-state index is 0.0784. The molecule has 0 fully saturated rings. The van der Waals surface area contributed by atoms with Crippen molar-refractivity contribution in [3.63, 3.8) is 0 Å². The molecule has 0 aliphatic rings. The molecule has 106 valence electrons. The van der Waals surface area contributed by atoms with E-state index in [2.05, 4.69) is 15.3 Å². The van der Waals surface area contributed by atoms with Crippen LogP contribution >= 0.6 is 34.7 Å². The van der Waals surface area contributed by atoms with Crippen LogP contribution in [0.1, 0.15) is 0 Å². The Labute approximate surface area is 134 Å². The molecule has 0 bridgehead atoms. The van der Waals surface area contributed by atoms with E-state index in [9.17, 15) is 4.79 Å². The van der Waals surface area contributed by atoms with Gasteiger partial charge in [-0.3, -0.25) is 9.78 Å². The molecule has 0 aliphatic carbocycles. The third-order valence-electron chi connectivity index (χ3n) is 2.60. The summed E-state index contributed by atoms with van der Waals surface area (Å²) in [4.78, 5) is 20.3. The van der Waals surface area contributed by atoms with E-state index in [4.69, 9.17) is 11.6 Å². The van der Waals surface area contributed by atoms with Gasteiger partial charge >= 0.3 is 0 Å². The molecular weight excluding hydrogens is 326 g/mol. The maximum atomic E-state index is 11.9. The van der Waals surface area contributed by atoms with E-state index in [0.29, 0.717) is 16.5 Å². The van der Waals surface area contributed by atoms with Gasteiger partial charge in [-0.15, -0.1) is 11.3 Å². The van der Waals surface area contributed by atoms with Crippen LogP contribution in [0.5, 0.6) is 0 Å². The van der Waals surface area contributed by atoms with Crippen molar-refractivity contribution in [2.24, 2.45) is 0 Å². The van der Waals surface area contributed by atoms with Crippen LogP contribution in [0.2, 0.25) is 5.02 Å². The van der Waals surface area contributed by atoms with Crippen molar-refractivity contribution in [2.75, 3.05) is 11.1 Å². The molecule has 0 aliphatic heterocycles. The van der Waals surface area contributed by atoms with Crippen molar-refractivity contribution < 1.29 is 4.79 Å². The Hall–Kier alpha value is -1.63. The molecule has 0 unspecified atom stereocenters. The van der Waals surface area contributed by atoms with E-state index in [-0.39, 0.29) is 5.91 Å². The van der Waals surface area contributed by atoms with Gasteiger partial charge in [-0.25, -0.2) is 4.98 Å². The van der Waals surface area contributed by atoms with Crippen LogP contribution < -0.4 is 5.32 Å². The highest BCUT2D eigenvalue weighted by atomic mass is 35.5. The molecule has 1 amide bonds. The molecule has 7 heteroatoms. The molecule has 21 heavy (non-hydrogen) atoms. The van der Waals surface area contributed by atoms with Crippen LogP contribution in [0.3, 0.4) is 0 Å². The van der Waals surface area contributed by atoms with Gasteiger partial charge in [0.05, 0.1) is 27.9 Å². The number of pyridine rings is 1. The van der Waals surface area contributed by atoms with Crippen LogP contribution in [0.25, 0.3) is 10.2 Å². The number of anilines is 1. The fourth-order valence-corrected chi connectivity index (χ4v) is 3.72. The highest BCUT2D eigenvalue weighted by Gasteiger charge is 2.08. The minimum Gasteiger partial charge on any atom is -0.324 e. The maximum Gasteiger partial charge on any atom is 0.234 e. The molecule has 3 aromatic rings. The fourth-order valence-electron chi connectivity index (χ4n) is 1.70. The van der Waals surface area contributed by atoms with Gasteiger partial charge in [0.15, 0.2) is 4.34 Å². The first-order chi connectivity index (χ1) is 10.2. The summed E-state index contributed by atoms with van der Waals surface area (Å²) in [5.41, 5.74) is 1.56. The Bertz CT molecular complexity index is 776. The first-order valence-electron chi connectivity index (χ1n) is 6.09. The number of hydrogen-bond acceptors (Lipinski definition) is 5. The number of hydrogen-bond donors (Lipinski definition) is 1. The van der Waals surface area contributed by atoms with Gasteiger partial charge in [-0.05, 0) is 30.3 Å². The molecule has 0 spiro atoms. The predicted octanol–water partition coefficient (Wildman–Crippen LogP) is 4.08. The van der Waals surface area contributed by atoms with Gasteiger partial charge < -0.3 is 5.32 Å². The van der Waals surface area contributed by atoms with Gasteiger partial charge in [0, 0.05) is 11.2 Å². The first kappa shape index (κ1) is 14.3. The summed E-state index contributed by atoms with van der Waals surface area (Å²) in [6, 6.07) is 9.18. The third-order valence-corrected chi connectivity index (χ3v) is 5.02. The number of fused-ring (bicyclic) bond motifs is 1. The summed E-state index contributed by atoms with van der Waals surface area (Å²) in [6.07, 6.45) is 3.28.